The van der Waals surface area contributed by atoms with Crippen LogP contribution in [0.1, 0.15) is 77.7 Å². The summed E-state index contributed by atoms with van der Waals surface area (Å²) in [6.45, 7) is 9.30. The van der Waals surface area contributed by atoms with Gasteiger partial charge in [0.2, 0.25) is 0 Å². The number of benzene rings is 1. The Bertz CT molecular complexity index is 1090. The Morgan fingerprint density at radius 2 is 1.74 bits per heavy atom. The molecule has 4 unspecified atom stereocenters. The highest BCUT2D eigenvalue weighted by Gasteiger charge is 2.59. The third kappa shape index (κ3) is 3.91. The van der Waals surface area contributed by atoms with Crippen molar-refractivity contribution in [1.82, 2.24) is 0 Å². The third-order valence-corrected chi connectivity index (χ3v) is 11.8. The van der Waals surface area contributed by atoms with Gasteiger partial charge in [0, 0.05) is 6.42 Å². The van der Waals surface area contributed by atoms with Crippen LogP contribution in [-0.4, -0.2) is 20.8 Å². The molecule has 0 heterocycles. The second-order valence-corrected chi connectivity index (χ2v) is 13.8. The molecule has 1 aromatic rings. The predicted molar refractivity (Wildman–Crippen MR) is 134 cm³/mol. The van der Waals surface area contributed by atoms with Crippen molar-refractivity contribution in [3.05, 3.63) is 41.5 Å². The second-order valence-electron chi connectivity index (χ2n) is 12.2. The molecule has 3 saturated carbocycles. The second kappa shape index (κ2) is 8.58. The van der Waals surface area contributed by atoms with Gasteiger partial charge in [-0.25, -0.2) is 0 Å². The standard InChI is InChI=1S/C29H40O4S/c1-19-5-8-23(9-6-19)34(31,32)33-18-20(2)25-11-12-26-24-10-7-21-17-22(30)13-15-28(21,3)27(24)14-16-29(25,26)4/h5-6,8-9,17,20,24-27H,7,10-16,18H2,1-4H3/t20?,24?,25-,26?,27?,28+,29-/m1/s1. The number of hydrogen-bond acceptors (Lipinski definition) is 4. The fourth-order valence-corrected chi connectivity index (χ4v) is 9.62. The molecule has 0 radical (unpaired) electrons. The Morgan fingerprint density at radius 1 is 1.00 bits per heavy atom. The average molecular weight is 485 g/mol. The van der Waals surface area contributed by atoms with Crippen LogP contribution in [0.25, 0.3) is 0 Å². The van der Waals surface area contributed by atoms with Crippen molar-refractivity contribution in [3.63, 3.8) is 0 Å². The number of carbonyl (C=O) groups is 1. The van der Waals surface area contributed by atoms with Crippen LogP contribution in [0.5, 0.6) is 0 Å². The van der Waals surface area contributed by atoms with Crippen molar-refractivity contribution in [2.75, 3.05) is 6.61 Å². The first kappa shape index (κ1) is 24.2. The van der Waals surface area contributed by atoms with Crippen molar-refractivity contribution < 1.29 is 17.4 Å². The van der Waals surface area contributed by atoms with E-state index in [1.807, 2.05) is 25.1 Å². The molecule has 186 valence electrons. The van der Waals surface area contributed by atoms with Gasteiger partial charge in [-0.05, 0) is 110 Å². The Morgan fingerprint density at radius 3 is 2.47 bits per heavy atom. The van der Waals surface area contributed by atoms with Crippen LogP contribution in [0.3, 0.4) is 0 Å². The summed E-state index contributed by atoms with van der Waals surface area (Å²) in [5.41, 5.74) is 2.91. The van der Waals surface area contributed by atoms with E-state index in [2.05, 4.69) is 20.8 Å². The topological polar surface area (TPSA) is 60.4 Å². The SMILES string of the molecule is Cc1ccc(S(=O)(=O)OCC(C)[C@H]2CCC3C4CCC5=CC(=O)CC[C@]5(C)C4CC[C@@]32C)cc1. The lowest BCUT2D eigenvalue weighted by atomic mass is 9.46. The van der Waals surface area contributed by atoms with Crippen LogP contribution in [0.15, 0.2) is 40.8 Å². The number of aryl methyl sites for hydroxylation is 1. The summed E-state index contributed by atoms with van der Waals surface area (Å²) in [4.78, 5) is 12.3. The summed E-state index contributed by atoms with van der Waals surface area (Å²) in [5, 5.41) is 0. The summed E-state index contributed by atoms with van der Waals surface area (Å²) < 4.78 is 31.1. The quantitative estimate of drug-likeness (QED) is 0.449. The first-order chi connectivity index (χ1) is 16.0. The smallest absolute Gasteiger partial charge is 0.295 e. The highest BCUT2D eigenvalue weighted by atomic mass is 32.2. The molecule has 4 nitrogen and oxygen atoms in total. The third-order valence-electron chi connectivity index (χ3n) is 10.5. The van der Waals surface area contributed by atoms with Crippen LogP contribution in [0.2, 0.25) is 0 Å². The molecule has 1 aromatic carbocycles. The predicted octanol–water partition coefficient (Wildman–Crippen LogP) is 6.48. The monoisotopic (exact) mass is 484 g/mol. The Kier molecular flexibility index (Phi) is 6.12. The normalized spacial score (nSPS) is 38.5. The Labute approximate surface area is 205 Å². The number of hydrogen-bond donors (Lipinski definition) is 0. The Balaban J connectivity index is 1.29. The van der Waals surface area contributed by atoms with Crippen molar-refractivity contribution >= 4 is 15.9 Å². The minimum absolute atomic E-state index is 0.201. The molecule has 0 spiro atoms. The van der Waals surface area contributed by atoms with E-state index in [0.29, 0.717) is 30.0 Å². The number of fused-ring (bicyclic) bond motifs is 5. The lowest BCUT2D eigenvalue weighted by Crippen LogP contribution is -2.51. The summed E-state index contributed by atoms with van der Waals surface area (Å²) in [7, 11) is -3.73. The van der Waals surface area contributed by atoms with Crippen LogP contribution >= 0.6 is 0 Å². The molecule has 5 rings (SSSR count). The zero-order valence-electron chi connectivity index (χ0n) is 21.2. The van der Waals surface area contributed by atoms with E-state index in [-0.39, 0.29) is 28.3 Å². The van der Waals surface area contributed by atoms with Crippen LogP contribution < -0.4 is 0 Å². The minimum atomic E-state index is -3.73. The first-order valence-electron chi connectivity index (χ1n) is 13.2. The summed E-state index contributed by atoms with van der Waals surface area (Å²) in [6, 6.07) is 6.89. The average Bonchev–Trinajstić information content (AvgIpc) is 3.15. The van der Waals surface area contributed by atoms with E-state index in [0.717, 1.165) is 30.7 Å². The van der Waals surface area contributed by atoms with E-state index in [1.54, 1.807) is 12.1 Å². The zero-order chi connectivity index (χ0) is 24.3. The number of ketones is 1. The maximum absolute atomic E-state index is 12.8. The van der Waals surface area contributed by atoms with Gasteiger partial charge >= 0.3 is 0 Å². The maximum Gasteiger partial charge on any atom is 0.296 e. The minimum Gasteiger partial charge on any atom is -0.295 e. The molecule has 3 fully saturated rings. The highest BCUT2D eigenvalue weighted by molar-refractivity contribution is 7.86. The van der Waals surface area contributed by atoms with Gasteiger partial charge in [-0.2, -0.15) is 8.42 Å². The molecule has 0 amide bonds. The largest absolute Gasteiger partial charge is 0.296 e. The molecule has 0 bridgehead atoms. The molecule has 0 N–H and O–H groups in total. The molecule has 7 atom stereocenters. The molecule has 0 aliphatic heterocycles. The molecule has 0 aromatic heterocycles. The van der Waals surface area contributed by atoms with E-state index >= 15 is 0 Å². The fourth-order valence-electron chi connectivity index (χ4n) is 8.62. The van der Waals surface area contributed by atoms with Gasteiger partial charge in [-0.15, -0.1) is 0 Å². The Hall–Kier alpha value is -1.46. The maximum atomic E-state index is 12.8. The van der Waals surface area contributed by atoms with Gasteiger partial charge in [-0.1, -0.05) is 44.0 Å². The molecule has 4 aliphatic rings. The van der Waals surface area contributed by atoms with Gasteiger partial charge < -0.3 is 0 Å². The molecule has 0 saturated heterocycles. The summed E-state index contributed by atoms with van der Waals surface area (Å²) in [6.07, 6.45) is 10.8. The highest BCUT2D eigenvalue weighted by Crippen LogP contribution is 2.67. The van der Waals surface area contributed by atoms with Crippen LogP contribution in [0, 0.1) is 47.3 Å². The van der Waals surface area contributed by atoms with Crippen LogP contribution in [0.4, 0.5) is 0 Å². The van der Waals surface area contributed by atoms with Gasteiger partial charge in [0.05, 0.1) is 11.5 Å². The fraction of sp³-hybridized carbons (Fsp3) is 0.690. The molecule has 34 heavy (non-hydrogen) atoms. The van der Waals surface area contributed by atoms with Crippen molar-refractivity contribution in [1.29, 1.82) is 0 Å². The van der Waals surface area contributed by atoms with Gasteiger partial charge in [-0.3, -0.25) is 8.98 Å². The van der Waals surface area contributed by atoms with E-state index in [9.17, 15) is 13.2 Å². The van der Waals surface area contributed by atoms with Crippen molar-refractivity contribution in [2.45, 2.75) is 84.0 Å². The van der Waals surface area contributed by atoms with Gasteiger partial charge in [0.25, 0.3) is 10.1 Å². The van der Waals surface area contributed by atoms with E-state index in [4.69, 9.17) is 4.18 Å². The number of carbonyl (C=O) groups excluding carboxylic acids is 1. The molecule has 5 heteroatoms. The number of rotatable bonds is 5. The van der Waals surface area contributed by atoms with E-state index < -0.39 is 10.1 Å². The lowest BCUT2D eigenvalue weighted by molar-refractivity contribution is -0.117. The van der Waals surface area contributed by atoms with Gasteiger partial charge in [0.1, 0.15) is 0 Å². The molecular formula is C29H40O4S. The number of allylic oxidation sites excluding steroid dienone is 1. The van der Waals surface area contributed by atoms with E-state index in [1.165, 1.54) is 31.3 Å². The summed E-state index contributed by atoms with van der Waals surface area (Å²) >= 11 is 0. The van der Waals surface area contributed by atoms with Gasteiger partial charge in [0.15, 0.2) is 5.78 Å². The zero-order valence-corrected chi connectivity index (χ0v) is 22.0. The molecule has 4 aliphatic carbocycles. The first-order valence-corrected chi connectivity index (χ1v) is 14.7. The summed E-state index contributed by atoms with van der Waals surface area (Å²) in [5.74, 6) is 3.12. The van der Waals surface area contributed by atoms with Crippen molar-refractivity contribution in [2.24, 2.45) is 40.4 Å². The molecular weight excluding hydrogens is 444 g/mol. The lowest BCUT2D eigenvalue weighted by Gasteiger charge is -2.58. The van der Waals surface area contributed by atoms with Crippen molar-refractivity contribution in [3.8, 4) is 0 Å². The van der Waals surface area contributed by atoms with Crippen LogP contribution in [-0.2, 0) is 19.1 Å².